The first-order valence-electron chi connectivity index (χ1n) is 23.9. The van der Waals surface area contributed by atoms with Crippen LogP contribution in [0, 0.1) is 41.5 Å². The summed E-state index contributed by atoms with van der Waals surface area (Å²) in [5.74, 6) is 0.481. The molecule has 5 aromatic rings. The minimum Gasteiger partial charge on any atom is -0.336 e. The molecule has 1 aromatic heterocycles. The molecule has 13 rings (SSSR count). The zero-order valence-electron chi connectivity index (χ0n) is 38.1. The maximum Gasteiger partial charge on any atom is 0.0719 e. The molecule has 4 nitrogen and oxygen atoms in total. The Morgan fingerprint density at radius 1 is 0.625 bits per heavy atom. The Balaban J connectivity index is 0.999. The van der Waals surface area contributed by atoms with Crippen LogP contribution in [-0.4, -0.2) is 10.6 Å². The monoisotopic (exact) mass is 832 g/mol. The van der Waals surface area contributed by atoms with Crippen molar-refractivity contribution in [3.63, 3.8) is 0 Å². The van der Waals surface area contributed by atoms with Crippen LogP contribution in [0.3, 0.4) is 0 Å². The molecule has 8 aliphatic rings. The Bertz CT molecular complexity index is 3300. The van der Waals surface area contributed by atoms with Gasteiger partial charge >= 0.3 is 0 Å². The summed E-state index contributed by atoms with van der Waals surface area (Å²) in [4.78, 5) is 7.94. The average Bonchev–Trinajstić information content (AvgIpc) is 4.04. The van der Waals surface area contributed by atoms with Crippen LogP contribution in [0.5, 0.6) is 0 Å². The zero-order valence-corrected chi connectivity index (χ0v) is 38.1. The molecule has 5 aliphatic carbocycles. The zero-order chi connectivity index (χ0) is 43.1. The van der Waals surface area contributed by atoms with Crippen LogP contribution < -0.4 is 25.3 Å². The van der Waals surface area contributed by atoms with Crippen molar-refractivity contribution in [2.45, 2.75) is 104 Å². The normalized spacial score (nSPS) is 21.8. The van der Waals surface area contributed by atoms with Gasteiger partial charge in [0.15, 0.2) is 0 Å². The first-order valence-corrected chi connectivity index (χ1v) is 23.9. The van der Waals surface area contributed by atoms with Gasteiger partial charge in [-0.2, -0.15) is 0 Å². The number of hydrogen-bond donors (Lipinski definition) is 0. The molecule has 3 aliphatic heterocycles. The van der Waals surface area contributed by atoms with Gasteiger partial charge in [0.25, 0.3) is 0 Å². The number of anilines is 4. The minimum atomic E-state index is 0.199. The Kier molecular flexibility index (Phi) is 8.30. The van der Waals surface area contributed by atoms with E-state index in [1.807, 2.05) is 0 Å². The van der Waals surface area contributed by atoms with Gasteiger partial charge in [-0.25, -0.2) is 0 Å². The van der Waals surface area contributed by atoms with Crippen LogP contribution in [0.4, 0.5) is 22.7 Å². The Labute approximate surface area is 377 Å². The second-order valence-corrected chi connectivity index (χ2v) is 19.6. The molecule has 3 atom stereocenters. The maximum absolute atomic E-state index is 2.77. The van der Waals surface area contributed by atoms with E-state index in [1.54, 1.807) is 0 Å². The third-order valence-corrected chi connectivity index (χ3v) is 16.1. The average molecular weight is 833 g/mol. The Morgan fingerprint density at radius 2 is 1.27 bits per heavy atom. The number of hydrogen-bond acceptors (Lipinski definition) is 3. The van der Waals surface area contributed by atoms with Crippen molar-refractivity contribution < 1.29 is 0 Å². The maximum atomic E-state index is 2.77. The molecule has 0 spiro atoms. The third-order valence-electron chi connectivity index (χ3n) is 16.1. The van der Waals surface area contributed by atoms with Gasteiger partial charge in [-0.15, -0.1) is 0 Å². The summed E-state index contributed by atoms with van der Waals surface area (Å²) in [5, 5.41) is 4.18. The van der Waals surface area contributed by atoms with Gasteiger partial charge < -0.3 is 19.3 Å². The molecule has 0 fully saturated rings. The van der Waals surface area contributed by atoms with Gasteiger partial charge in [0.2, 0.25) is 0 Å². The molecule has 0 radical (unpaired) electrons. The van der Waals surface area contributed by atoms with Crippen molar-refractivity contribution in [1.82, 2.24) is 4.57 Å². The number of nitrogens with zero attached hydrogens (tertiary/aromatic N) is 4. The van der Waals surface area contributed by atoms with Gasteiger partial charge in [0.05, 0.1) is 23.2 Å². The van der Waals surface area contributed by atoms with Crippen molar-refractivity contribution in [3.05, 3.63) is 204 Å². The van der Waals surface area contributed by atoms with E-state index in [-0.39, 0.29) is 17.9 Å². The molecule has 64 heavy (non-hydrogen) atoms. The summed E-state index contributed by atoms with van der Waals surface area (Å²) in [7, 11) is 0. The van der Waals surface area contributed by atoms with E-state index in [9.17, 15) is 0 Å². The van der Waals surface area contributed by atoms with Crippen molar-refractivity contribution >= 4 is 51.5 Å². The molecule has 3 unspecified atom stereocenters. The topological polar surface area (TPSA) is 14.7 Å². The summed E-state index contributed by atoms with van der Waals surface area (Å²) in [6, 6.07) is 24.1. The third kappa shape index (κ3) is 5.23. The van der Waals surface area contributed by atoms with Gasteiger partial charge in [0.1, 0.15) is 0 Å². The number of fused-ring (bicyclic) bond motifs is 11. The summed E-state index contributed by atoms with van der Waals surface area (Å²) in [6.07, 6.45) is 34.4. The van der Waals surface area contributed by atoms with Crippen LogP contribution >= 0.6 is 0 Å². The van der Waals surface area contributed by atoms with E-state index in [1.165, 1.54) is 128 Å². The van der Waals surface area contributed by atoms with Crippen LogP contribution in [0.25, 0.3) is 28.8 Å². The quantitative estimate of drug-likeness (QED) is 0.169. The number of rotatable bonds is 6. The highest BCUT2D eigenvalue weighted by atomic mass is 15.3. The van der Waals surface area contributed by atoms with Crippen molar-refractivity contribution in [2.24, 2.45) is 0 Å². The summed E-state index contributed by atoms with van der Waals surface area (Å²) >= 11 is 0. The summed E-state index contributed by atoms with van der Waals surface area (Å²) < 4.78 is 2.70. The highest BCUT2D eigenvalue weighted by Gasteiger charge is 2.53. The van der Waals surface area contributed by atoms with E-state index >= 15 is 0 Å². The van der Waals surface area contributed by atoms with Crippen molar-refractivity contribution in [1.29, 1.82) is 0 Å². The van der Waals surface area contributed by atoms with E-state index in [2.05, 4.69) is 188 Å². The van der Waals surface area contributed by atoms with Gasteiger partial charge in [-0.05, 0) is 191 Å². The van der Waals surface area contributed by atoms with Gasteiger partial charge in [0, 0.05) is 79.4 Å². The number of benzene rings is 4. The van der Waals surface area contributed by atoms with E-state index < -0.39 is 0 Å². The van der Waals surface area contributed by atoms with E-state index in [4.69, 9.17) is 0 Å². The predicted octanol–water partition coefficient (Wildman–Crippen LogP) is 13.4. The highest BCUT2D eigenvalue weighted by molar-refractivity contribution is 6.04. The van der Waals surface area contributed by atoms with Crippen LogP contribution in [0.1, 0.15) is 101 Å². The first-order chi connectivity index (χ1) is 31.3. The molecule has 0 saturated heterocycles. The minimum absolute atomic E-state index is 0.199. The second kappa shape index (κ2) is 14.0. The standard InChI is InChI=1S/C60H56N4/c1-35-29-43(30-36(2)39(35)5)61(41-17-9-7-10-18-41)53-27-25-45-49-33-56-50(34-55(49)63-51-23-15-13-21-47(51)57(53)59(45)63)46-26-28-54(58-48-22-14-16-24-52(48)64(56)60(46)58)62(42-19-11-8-12-20-42)44-31-37(3)40(6)38(4)32-44/h9,11,13,15,17-33,50,57,59H,7-8,10,12,14,16,34H2,1-6H3. The number of para-hydroxylation sites is 1. The molecule has 0 bridgehead atoms. The predicted molar refractivity (Wildman–Crippen MR) is 268 cm³/mol. The molecule has 316 valence electrons. The first kappa shape index (κ1) is 38.0. The molecular formula is C60H56N4. The lowest BCUT2D eigenvalue weighted by Crippen LogP contribution is -2.37. The van der Waals surface area contributed by atoms with Gasteiger partial charge in [-0.1, -0.05) is 66.8 Å². The lowest BCUT2D eigenvalue weighted by Gasteiger charge is -2.38. The number of allylic oxidation sites excluding steroid dienone is 11. The fraction of sp³-hybridized carbons (Fsp3) is 0.267. The fourth-order valence-electron chi connectivity index (χ4n) is 12.7. The van der Waals surface area contributed by atoms with Crippen molar-refractivity contribution in [3.8, 4) is 0 Å². The smallest absolute Gasteiger partial charge is 0.0719 e. The highest BCUT2D eigenvalue weighted by Crippen LogP contribution is 2.61. The molecule has 0 N–H and O–H groups in total. The van der Waals surface area contributed by atoms with Crippen LogP contribution in [0.15, 0.2) is 149 Å². The Hall–Kier alpha value is -6.52. The largest absolute Gasteiger partial charge is 0.336 e. The molecule has 4 aromatic carbocycles. The van der Waals surface area contributed by atoms with Crippen LogP contribution in [-0.2, 0) is 0 Å². The van der Waals surface area contributed by atoms with Gasteiger partial charge in [-0.3, -0.25) is 0 Å². The van der Waals surface area contributed by atoms with Crippen molar-refractivity contribution in [2.75, 3.05) is 14.7 Å². The SMILES string of the molecule is Cc1cc(N(C2=CCCC=C2)C2=CC=C3C4=C(CC5C(=C4)n4c6c(c7c(N(C8=CCCC=C8)c8cc(C)c(C)c(C)c8)ccc5c74)=CCCC=6)N4c5ccccc5C2C34)cc(C)c1C. The summed E-state index contributed by atoms with van der Waals surface area (Å²) in [5.41, 5.74) is 27.4. The lowest BCUT2D eigenvalue weighted by atomic mass is 9.79. The molecule has 0 saturated carbocycles. The molecular weight excluding hydrogens is 777 g/mol. The summed E-state index contributed by atoms with van der Waals surface area (Å²) in [6.45, 7) is 13.6. The molecule has 4 heteroatoms. The Morgan fingerprint density at radius 3 is 1.95 bits per heavy atom. The fourth-order valence-corrected chi connectivity index (χ4v) is 12.7. The molecule has 0 amide bonds. The molecule has 4 heterocycles. The number of aryl methyl sites for hydroxylation is 4. The van der Waals surface area contributed by atoms with Crippen LogP contribution in [0.2, 0.25) is 0 Å². The lowest BCUT2D eigenvalue weighted by molar-refractivity contribution is 0.664. The number of aromatic nitrogens is 1. The second-order valence-electron chi connectivity index (χ2n) is 19.6. The van der Waals surface area contributed by atoms with E-state index in [0.29, 0.717) is 0 Å². The van der Waals surface area contributed by atoms with E-state index in [0.717, 1.165) is 44.9 Å².